The molecule has 2 aliphatic heterocycles. The first-order chi connectivity index (χ1) is 22.6. The molecule has 2 aromatic heterocycles. The van der Waals surface area contributed by atoms with Gasteiger partial charge in [-0.05, 0) is 49.4 Å². The lowest BCUT2D eigenvalue weighted by Crippen LogP contribution is -2.70. The Morgan fingerprint density at radius 3 is 2.70 bits per heavy atom. The standard InChI is InChI=1S/C29H41N9O6S3/c1-4-8-21(43-26(41)17-9-6-5-7-10-17)44-27(42)23-18(15-47-29-33-34-35-37(29)12-11-36(2)3)14-45-25-22(24(40)38(23)25)32-20(39)13-19-16-46-28(30)31-19/h16-17,21-22,25H,4-15H2,1-3H3,(H2,30,31)(H,32,39)/t21?,22-,25+/m1/s1. The van der Waals surface area contributed by atoms with Crippen LogP contribution in [0.25, 0.3) is 0 Å². The summed E-state index contributed by atoms with van der Waals surface area (Å²) in [4.78, 5) is 60.8. The first-order valence-electron chi connectivity index (χ1n) is 15.8. The number of fused-ring (bicyclic) bond motifs is 1. The van der Waals surface area contributed by atoms with Gasteiger partial charge in [-0.25, -0.2) is 14.5 Å². The lowest BCUT2D eigenvalue weighted by molar-refractivity contribution is -0.192. The first-order valence-corrected chi connectivity index (χ1v) is 18.7. The summed E-state index contributed by atoms with van der Waals surface area (Å²) in [5.41, 5.74) is 6.97. The maximum atomic E-state index is 13.9. The average Bonchev–Trinajstić information content (AvgIpc) is 3.69. The molecule has 3 atom stereocenters. The van der Waals surface area contributed by atoms with E-state index < -0.39 is 29.6 Å². The maximum Gasteiger partial charge on any atom is 0.358 e. The SMILES string of the molecule is CCCC(OC(=O)C1=C(CSc2nnnn2CCN(C)C)CS[C@H]2[C@H](NC(=O)Cc3csc(N)n3)C(=O)N12)OC(=O)C1CCCCC1. The maximum absolute atomic E-state index is 13.9. The third-order valence-corrected chi connectivity index (χ3v) is 11.2. The Balaban J connectivity index is 1.33. The van der Waals surface area contributed by atoms with Crippen LogP contribution < -0.4 is 11.1 Å². The van der Waals surface area contributed by atoms with Crippen LogP contribution in [0.3, 0.4) is 0 Å². The number of aromatic nitrogens is 5. The minimum atomic E-state index is -1.08. The largest absolute Gasteiger partial charge is 0.425 e. The third-order valence-electron chi connectivity index (χ3n) is 8.05. The Hall–Kier alpha value is -3.22. The molecule has 2 fully saturated rings. The number of anilines is 1. The van der Waals surface area contributed by atoms with Crippen molar-refractivity contribution in [1.82, 2.24) is 40.3 Å². The lowest BCUT2D eigenvalue weighted by atomic mass is 9.89. The minimum Gasteiger partial charge on any atom is -0.425 e. The fourth-order valence-corrected chi connectivity index (χ4v) is 8.53. The molecule has 2 amide bonds. The molecule has 3 aliphatic rings. The van der Waals surface area contributed by atoms with E-state index in [1.165, 1.54) is 39.8 Å². The fourth-order valence-electron chi connectivity index (χ4n) is 5.58. The highest BCUT2D eigenvalue weighted by Crippen LogP contribution is 2.42. The van der Waals surface area contributed by atoms with Gasteiger partial charge in [-0.3, -0.25) is 19.3 Å². The van der Waals surface area contributed by atoms with Gasteiger partial charge < -0.3 is 25.4 Å². The van der Waals surface area contributed by atoms with E-state index in [9.17, 15) is 19.2 Å². The molecule has 4 heterocycles. The molecule has 18 heteroatoms. The van der Waals surface area contributed by atoms with Crippen molar-refractivity contribution in [2.45, 2.75) is 87.7 Å². The number of amides is 2. The normalized spacial score (nSPS) is 20.5. The number of β-lactam (4-membered cyclic amide) rings is 1. The zero-order chi connectivity index (χ0) is 33.5. The van der Waals surface area contributed by atoms with Crippen molar-refractivity contribution in [1.29, 1.82) is 0 Å². The van der Waals surface area contributed by atoms with E-state index >= 15 is 0 Å². The zero-order valence-electron chi connectivity index (χ0n) is 26.8. The molecule has 0 bridgehead atoms. The monoisotopic (exact) mass is 707 g/mol. The molecule has 1 unspecified atom stereocenters. The van der Waals surface area contributed by atoms with Gasteiger partial charge in [0.2, 0.25) is 17.4 Å². The van der Waals surface area contributed by atoms with Gasteiger partial charge in [-0.1, -0.05) is 37.9 Å². The quantitative estimate of drug-likeness (QED) is 0.118. The zero-order valence-corrected chi connectivity index (χ0v) is 29.2. The van der Waals surface area contributed by atoms with Crippen molar-refractivity contribution in [3.05, 3.63) is 22.3 Å². The molecule has 256 valence electrons. The molecule has 3 N–H and O–H groups in total. The van der Waals surface area contributed by atoms with E-state index in [0.717, 1.165) is 38.6 Å². The number of nitrogen functional groups attached to an aromatic ring is 1. The Morgan fingerprint density at radius 1 is 1.21 bits per heavy atom. The number of likely N-dealkylation sites (N-methyl/N-ethyl adjacent to an activating group) is 1. The lowest BCUT2D eigenvalue weighted by Gasteiger charge is -2.49. The van der Waals surface area contributed by atoms with Gasteiger partial charge in [-0.15, -0.1) is 28.2 Å². The number of hydrogen-bond donors (Lipinski definition) is 2. The minimum absolute atomic E-state index is 0.0188. The first kappa shape index (κ1) is 35.1. The highest BCUT2D eigenvalue weighted by molar-refractivity contribution is 8.01. The van der Waals surface area contributed by atoms with Crippen LogP contribution in [0, 0.1) is 5.92 Å². The number of carbonyl (C=O) groups is 4. The summed E-state index contributed by atoms with van der Waals surface area (Å²) in [5.74, 6) is -1.38. The highest BCUT2D eigenvalue weighted by atomic mass is 32.2. The molecule has 1 saturated carbocycles. The highest BCUT2D eigenvalue weighted by Gasteiger charge is 2.54. The van der Waals surface area contributed by atoms with Crippen LogP contribution in [-0.2, 0) is 41.6 Å². The Labute approximate surface area is 285 Å². The number of nitrogens with one attached hydrogen (secondary N) is 1. The molecule has 2 aromatic rings. The number of thiazole rings is 1. The second-order valence-corrected chi connectivity index (χ2v) is 14.9. The summed E-state index contributed by atoms with van der Waals surface area (Å²) in [5, 5.41) is 17.0. The van der Waals surface area contributed by atoms with E-state index in [1.807, 2.05) is 25.9 Å². The summed E-state index contributed by atoms with van der Waals surface area (Å²) >= 11 is 4.04. The number of hydrogen-bond acceptors (Lipinski definition) is 15. The summed E-state index contributed by atoms with van der Waals surface area (Å²) in [6.07, 6.45) is 4.40. The topological polar surface area (TPSA) is 188 Å². The Bertz CT molecular complexity index is 1470. The van der Waals surface area contributed by atoms with Crippen molar-refractivity contribution in [2.75, 3.05) is 37.9 Å². The molecule has 1 aliphatic carbocycles. The summed E-state index contributed by atoms with van der Waals surface area (Å²) in [6.45, 7) is 3.23. The van der Waals surface area contributed by atoms with Crippen LogP contribution in [0.4, 0.5) is 5.13 Å². The van der Waals surface area contributed by atoms with Gasteiger partial charge in [0.05, 0.1) is 24.6 Å². The predicted molar refractivity (Wildman–Crippen MR) is 177 cm³/mol. The number of tetrazole rings is 1. The Kier molecular flexibility index (Phi) is 12.1. The van der Waals surface area contributed by atoms with Crippen molar-refractivity contribution in [2.24, 2.45) is 5.92 Å². The fraction of sp³-hybridized carbons (Fsp3) is 0.655. The van der Waals surface area contributed by atoms with E-state index in [4.69, 9.17) is 15.2 Å². The molecular formula is C29H41N9O6S3. The van der Waals surface area contributed by atoms with Gasteiger partial charge in [0, 0.05) is 29.9 Å². The number of esters is 2. The molecule has 0 aromatic carbocycles. The van der Waals surface area contributed by atoms with Crippen LogP contribution in [0.5, 0.6) is 0 Å². The van der Waals surface area contributed by atoms with Gasteiger partial charge in [0.25, 0.3) is 5.91 Å². The van der Waals surface area contributed by atoms with Crippen LogP contribution in [0.15, 0.2) is 21.8 Å². The number of carbonyl (C=O) groups excluding carboxylic acids is 4. The second kappa shape index (κ2) is 16.3. The van der Waals surface area contributed by atoms with Crippen LogP contribution in [0.1, 0.15) is 57.6 Å². The van der Waals surface area contributed by atoms with E-state index in [2.05, 4.69) is 25.8 Å². The van der Waals surface area contributed by atoms with Crippen LogP contribution >= 0.6 is 34.9 Å². The molecule has 5 rings (SSSR count). The van der Waals surface area contributed by atoms with Crippen LogP contribution in [-0.4, -0.2) is 109 Å². The number of nitrogens with zero attached hydrogens (tertiary/aromatic N) is 7. The molecule has 47 heavy (non-hydrogen) atoms. The smallest absolute Gasteiger partial charge is 0.358 e. The van der Waals surface area contributed by atoms with Crippen LogP contribution in [0.2, 0.25) is 0 Å². The number of rotatable bonds is 15. The van der Waals surface area contributed by atoms with E-state index in [0.29, 0.717) is 52.4 Å². The summed E-state index contributed by atoms with van der Waals surface area (Å²) < 4.78 is 13.3. The van der Waals surface area contributed by atoms with Gasteiger partial charge in [0.1, 0.15) is 17.1 Å². The van der Waals surface area contributed by atoms with E-state index in [-0.39, 0.29) is 29.9 Å². The Morgan fingerprint density at radius 2 is 2.00 bits per heavy atom. The number of thioether (sulfide) groups is 2. The summed E-state index contributed by atoms with van der Waals surface area (Å²) in [6, 6.07) is -0.825. The van der Waals surface area contributed by atoms with Crippen molar-refractivity contribution in [3.8, 4) is 0 Å². The summed E-state index contributed by atoms with van der Waals surface area (Å²) in [7, 11) is 3.92. The average molecular weight is 708 g/mol. The van der Waals surface area contributed by atoms with Gasteiger partial charge >= 0.3 is 11.9 Å². The van der Waals surface area contributed by atoms with E-state index in [1.54, 1.807) is 10.1 Å². The van der Waals surface area contributed by atoms with Crippen molar-refractivity contribution < 1.29 is 28.7 Å². The number of ether oxygens (including phenoxy) is 2. The van der Waals surface area contributed by atoms with Crippen molar-refractivity contribution >= 4 is 63.7 Å². The molecule has 0 spiro atoms. The number of nitrogens with two attached hydrogens (primary N) is 1. The van der Waals surface area contributed by atoms with Gasteiger partial charge in [0.15, 0.2) is 5.13 Å². The molecule has 0 radical (unpaired) electrons. The molecule has 15 nitrogen and oxygen atoms in total. The second-order valence-electron chi connectivity index (χ2n) is 11.9. The van der Waals surface area contributed by atoms with Gasteiger partial charge in [-0.2, -0.15) is 0 Å². The third kappa shape index (κ3) is 8.83. The van der Waals surface area contributed by atoms with Crippen molar-refractivity contribution in [3.63, 3.8) is 0 Å². The predicted octanol–water partition coefficient (Wildman–Crippen LogP) is 2.06. The molecular weight excluding hydrogens is 667 g/mol. The molecule has 1 saturated heterocycles.